The van der Waals surface area contributed by atoms with Crippen molar-refractivity contribution in [2.45, 2.75) is 64.5 Å². The Morgan fingerprint density at radius 2 is 1.00 bits per heavy atom. The molecule has 2 rings (SSSR count). The SMILES string of the molecule is CCCCCO[Si](Cc1ccccc1)(Cc1ccccc1)OCCCCC. The Bertz CT molecular complexity index is 545. The fraction of sp³-hybridized carbons (Fsp3) is 0.500. The molecule has 0 aliphatic carbocycles. The van der Waals surface area contributed by atoms with Crippen LogP contribution in [0.4, 0.5) is 0 Å². The Kier molecular flexibility index (Phi) is 10.4. The summed E-state index contributed by atoms with van der Waals surface area (Å²) in [5.74, 6) is 0. The van der Waals surface area contributed by atoms with Crippen LogP contribution in [0.5, 0.6) is 0 Å². The van der Waals surface area contributed by atoms with E-state index in [9.17, 15) is 0 Å². The number of hydrogen-bond acceptors (Lipinski definition) is 2. The monoisotopic (exact) mass is 384 g/mol. The van der Waals surface area contributed by atoms with E-state index in [0.29, 0.717) is 0 Å². The van der Waals surface area contributed by atoms with Crippen molar-refractivity contribution in [2.75, 3.05) is 13.2 Å². The van der Waals surface area contributed by atoms with E-state index in [2.05, 4.69) is 74.5 Å². The summed E-state index contributed by atoms with van der Waals surface area (Å²) in [6.07, 6.45) is 7.10. The molecule has 0 bridgehead atoms. The van der Waals surface area contributed by atoms with Gasteiger partial charge in [-0.3, -0.25) is 0 Å². The number of hydrogen-bond donors (Lipinski definition) is 0. The Morgan fingerprint density at radius 3 is 1.37 bits per heavy atom. The van der Waals surface area contributed by atoms with Crippen molar-refractivity contribution in [3.05, 3.63) is 71.8 Å². The summed E-state index contributed by atoms with van der Waals surface area (Å²) < 4.78 is 13.3. The van der Waals surface area contributed by atoms with Crippen LogP contribution in [0.2, 0.25) is 0 Å². The van der Waals surface area contributed by atoms with Crippen LogP contribution in [-0.4, -0.2) is 21.8 Å². The molecular weight excluding hydrogens is 348 g/mol. The molecule has 0 fully saturated rings. The first kappa shape index (κ1) is 21.9. The zero-order valence-electron chi connectivity index (χ0n) is 17.2. The molecule has 0 N–H and O–H groups in total. The lowest BCUT2D eigenvalue weighted by atomic mass is 10.2. The summed E-state index contributed by atoms with van der Waals surface area (Å²) in [7, 11) is -2.38. The van der Waals surface area contributed by atoms with Gasteiger partial charge >= 0.3 is 8.56 Å². The molecule has 0 saturated carbocycles. The maximum atomic E-state index is 6.64. The third-order valence-electron chi connectivity index (χ3n) is 4.86. The maximum Gasteiger partial charge on any atom is 0.347 e. The molecule has 0 atom stereocenters. The lowest BCUT2D eigenvalue weighted by Gasteiger charge is -2.31. The average Bonchev–Trinajstić information content (AvgIpc) is 2.70. The van der Waals surface area contributed by atoms with Crippen LogP contribution < -0.4 is 0 Å². The first-order valence-corrected chi connectivity index (χ1v) is 12.9. The van der Waals surface area contributed by atoms with E-state index in [4.69, 9.17) is 8.85 Å². The molecule has 3 heteroatoms. The topological polar surface area (TPSA) is 18.5 Å². The first-order chi connectivity index (χ1) is 13.3. The van der Waals surface area contributed by atoms with Gasteiger partial charge in [0, 0.05) is 25.3 Å². The predicted molar refractivity (Wildman–Crippen MR) is 117 cm³/mol. The Hall–Kier alpha value is -1.42. The van der Waals surface area contributed by atoms with E-state index in [0.717, 1.165) is 38.1 Å². The lowest BCUT2D eigenvalue weighted by molar-refractivity contribution is 0.160. The molecule has 0 aromatic heterocycles. The van der Waals surface area contributed by atoms with E-state index in [1.165, 1.54) is 36.8 Å². The van der Waals surface area contributed by atoms with Crippen LogP contribution in [0.15, 0.2) is 60.7 Å². The highest BCUT2D eigenvalue weighted by atomic mass is 28.4. The summed E-state index contributed by atoms with van der Waals surface area (Å²) in [5, 5.41) is 0. The van der Waals surface area contributed by atoms with Gasteiger partial charge in [-0.25, -0.2) is 0 Å². The van der Waals surface area contributed by atoms with E-state index >= 15 is 0 Å². The highest BCUT2D eigenvalue weighted by molar-refractivity contribution is 6.66. The second-order valence-corrected chi connectivity index (χ2v) is 10.5. The number of unbranched alkanes of at least 4 members (excludes halogenated alkanes) is 4. The van der Waals surface area contributed by atoms with Crippen LogP contribution in [0.25, 0.3) is 0 Å². The van der Waals surface area contributed by atoms with Crippen LogP contribution in [-0.2, 0) is 20.9 Å². The predicted octanol–water partition coefficient (Wildman–Crippen LogP) is 6.41. The molecule has 27 heavy (non-hydrogen) atoms. The molecule has 0 amide bonds. The fourth-order valence-corrected chi connectivity index (χ4v) is 6.71. The third kappa shape index (κ3) is 8.42. The van der Waals surface area contributed by atoms with E-state index < -0.39 is 8.56 Å². The molecule has 0 spiro atoms. The minimum atomic E-state index is -2.38. The zero-order valence-corrected chi connectivity index (χ0v) is 18.2. The standard InChI is InChI=1S/C24H36O2Si/c1-3-5-13-19-25-27(26-20-14-6-4-2,21-23-15-9-7-10-16-23)22-24-17-11-8-12-18-24/h7-12,15-18H,3-6,13-14,19-22H2,1-2H3. The van der Waals surface area contributed by atoms with Gasteiger partial charge in [0.25, 0.3) is 0 Å². The van der Waals surface area contributed by atoms with Crippen molar-refractivity contribution in [3.8, 4) is 0 Å². The van der Waals surface area contributed by atoms with Gasteiger partial charge in [0.1, 0.15) is 0 Å². The van der Waals surface area contributed by atoms with Crippen LogP contribution in [0.1, 0.15) is 63.5 Å². The molecule has 0 aliphatic heterocycles. The molecule has 2 aromatic rings. The minimum Gasteiger partial charge on any atom is -0.394 e. The second kappa shape index (κ2) is 12.9. The summed E-state index contributed by atoms with van der Waals surface area (Å²) in [5.41, 5.74) is 2.65. The summed E-state index contributed by atoms with van der Waals surface area (Å²) in [6, 6.07) is 23.3. The van der Waals surface area contributed by atoms with E-state index in [1.807, 2.05) is 0 Å². The summed E-state index contributed by atoms with van der Waals surface area (Å²) in [6.45, 7) is 6.10. The van der Waals surface area contributed by atoms with Gasteiger partial charge in [-0.2, -0.15) is 0 Å². The molecule has 0 aliphatic rings. The second-order valence-electron chi connectivity index (χ2n) is 7.35. The molecule has 148 valence electrons. The quantitative estimate of drug-likeness (QED) is 0.277. The van der Waals surface area contributed by atoms with Crippen LogP contribution in [0, 0.1) is 0 Å². The van der Waals surface area contributed by atoms with Gasteiger partial charge in [-0.05, 0) is 24.0 Å². The van der Waals surface area contributed by atoms with Crippen molar-refractivity contribution in [2.24, 2.45) is 0 Å². The van der Waals surface area contributed by atoms with E-state index in [-0.39, 0.29) is 0 Å². The van der Waals surface area contributed by atoms with Gasteiger partial charge in [0.2, 0.25) is 0 Å². The summed E-state index contributed by atoms with van der Waals surface area (Å²) in [4.78, 5) is 0. The van der Waals surface area contributed by atoms with Gasteiger partial charge in [-0.1, -0.05) is 100 Å². The molecule has 0 saturated heterocycles. The van der Waals surface area contributed by atoms with Crippen molar-refractivity contribution in [1.82, 2.24) is 0 Å². The van der Waals surface area contributed by atoms with Crippen LogP contribution in [0.3, 0.4) is 0 Å². The minimum absolute atomic E-state index is 0.813. The molecule has 0 heterocycles. The lowest BCUT2D eigenvalue weighted by Crippen LogP contribution is -2.48. The zero-order chi connectivity index (χ0) is 19.2. The van der Waals surface area contributed by atoms with Gasteiger partial charge in [0.05, 0.1) is 0 Å². The van der Waals surface area contributed by atoms with Gasteiger partial charge in [-0.15, -0.1) is 0 Å². The highest BCUT2D eigenvalue weighted by Gasteiger charge is 2.38. The Labute approximate surface area is 167 Å². The molecular formula is C24H36O2Si. The molecule has 0 radical (unpaired) electrons. The van der Waals surface area contributed by atoms with Crippen LogP contribution >= 0.6 is 0 Å². The fourth-order valence-electron chi connectivity index (χ4n) is 3.34. The highest BCUT2D eigenvalue weighted by Crippen LogP contribution is 2.22. The van der Waals surface area contributed by atoms with Gasteiger partial charge in [0.15, 0.2) is 0 Å². The van der Waals surface area contributed by atoms with Crippen molar-refractivity contribution >= 4 is 8.56 Å². The molecule has 0 unspecified atom stereocenters. The summed E-state index contributed by atoms with van der Waals surface area (Å²) >= 11 is 0. The Balaban J connectivity index is 2.17. The number of rotatable bonds is 14. The average molecular weight is 385 g/mol. The first-order valence-electron chi connectivity index (χ1n) is 10.6. The normalized spacial score (nSPS) is 11.6. The van der Waals surface area contributed by atoms with Gasteiger partial charge < -0.3 is 8.85 Å². The van der Waals surface area contributed by atoms with Crippen molar-refractivity contribution < 1.29 is 8.85 Å². The molecule has 2 nitrogen and oxygen atoms in total. The van der Waals surface area contributed by atoms with Crippen molar-refractivity contribution in [1.29, 1.82) is 0 Å². The van der Waals surface area contributed by atoms with Crippen molar-refractivity contribution in [3.63, 3.8) is 0 Å². The number of benzene rings is 2. The largest absolute Gasteiger partial charge is 0.394 e. The smallest absolute Gasteiger partial charge is 0.347 e. The van der Waals surface area contributed by atoms with E-state index in [1.54, 1.807) is 0 Å². The molecule has 2 aromatic carbocycles. The Morgan fingerprint density at radius 1 is 0.593 bits per heavy atom. The maximum absolute atomic E-state index is 6.64. The third-order valence-corrected chi connectivity index (χ3v) is 8.21.